The average Bonchev–Trinajstić information content (AvgIpc) is 2.68. The Morgan fingerprint density at radius 3 is 2.74 bits per heavy atom. The normalized spacial score (nSPS) is 15.1. The summed E-state index contributed by atoms with van der Waals surface area (Å²) in [7, 11) is 0. The number of carbonyl (C=O) groups is 1. The standard InChI is InChI=1S/C19H26N4O4/c1-2-7-23-18(25)15-5-4-14(13-16(15)21-19(23)26)17(24)20-6-3-8-22-9-11-27-12-10-22/h4-5,13H,2-3,6-12H2,1H3,(H,20,24)(H,21,26). The Bertz CT molecular complexity index is 912. The molecule has 27 heavy (non-hydrogen) atoms. The van der Waals surface area contributed by atoms with Crippen molar-refractivity contribution in [2.45, 2.75) is 26.3 Å². The van der Waals surface area contributed by atoms with E-state index in [1.165, 1.54) is 4.57 Å². The van der Waals surface area contributed by atoms with E-state index in [1.807, 2.05) is 6.92 Å². The number of ether oxygens (including phenoxy) is 1. The summed E-state index contributed by atoms with van der Waals surface area (Å²) in [5, 5.41) is 3.30. The minimum absolute atomic E-state index is 0.211. The number of benzene rings is 1. The van der Waals surface area contributed by atoms with Crippen molar-refractivity contribution >= 4 is 16.8 Å². The van der Waals surface area contributed by atoms with Gasteiger partial charge in [0, 0.05) is 31.7 Å². The quantitative estimate of drug-likeness (QED) is 0.690. The number of fused-ring (bicyclic) bond motifs is 1. The second-order valence-corrected chi connectivity index (χ2v) is 6.71. The number of carbonyl (C=O) groups excluding carboxylic acids is 1. The second-order valence-electron chi connectivity index (χ2n) is 6.71. The Morgan fingerprint density at radius 1 is 1.22 bits per heavy atom. The van der Waals surface area contributed by atoms with Crippen LogP contribution in [-0.4, -0.2) is 59.8 Å². The maximum absolute atomic E-state index is 12.4. The highest BCUT2D eigenvalue weighted by molar-refractivity contribution is 5.97. The van der Waals surface area contributed by atoms with Crippen molar-refractivity contribution in [1.29, 1.82) is 0 Å². The summed E-state index contributed by atoms with van der Waals surface area (Å²) in [6.07, 6.45) is 1.55. The van der Waals surface area contributed by atoms with E-state index in [9.17, 15) is 14.4 Å². The van der Waals surface area contributed by atoms with Gasteiger partial charge in [0.05, 0.1) is 24.1 Å². The summed E-state index contributed by atoms with van der Waals surface area (Å²) in [6, 6.07) is 4.78. The van der Waals surface area contributed by atoms with E-state index >= 15 is 0 Å². The molecule has 1 aliphatic rings. The lowest BCUT2D eigenvalue weighted by atomic mass is 10.1. The summed E-state index contributed by atoms with van der Waals surface area (Å²) in [5.74, 6) is -0.211. The van der Waals surface area contributed by atoms with Crippen molar-refractivity contribution in [2.24, 2.45) is 0 Å². The fourth-order valence-electron chi connectivity index (χ4n) is 3.25. The van der Waals surface area contributed by atoms with Gasteiger partial charge in [0.25, 0.3) is 11.5 Å². The van der Waals surface area contributed by atoms with Crippen molar-refractivity contribution in [3.63, 3.8) is 0 Å². The third kappa shape index (κ3) is 4.64. The van der Waals surface area contributed by atoms with Gasteiger partial charge in [-0.15, -0.1) is 0 Å². The number of nitrogens with zero attached hydrogens (tertiary/aromatic N) is 2. The van der Waals surface area contributed by atoms with Gasteiger partial charge in [-0.2, -0.15) is 0 Å². The Kier molecular flexibility index (Phi) is 6.41. The molecule has 0 aliphatic carbocycles. The number of rotatable bonds is 7. The monoisotopic (exact) mass is 374 g/mol. The number of nitrogens with one attached hydrogen (secondary N) is 2. The highest BCUT2D eigenvalue weighted by Gasteiger charge is 2.12. The molecule has 3 rings (SSSR count). The molecule has 2 N–H and O–H groups in total. The molecule has 1 aromatic carbocycles. The number of amides is 1. The molecular weight excluding hydrogens is 348 g/mol. The first kappa shape index (κ1) is 19.3. The van der Waals surface area contributed by atoms with E-state index in [0.717, 1.165) is 39.3 Å². The topological polar surface area (TPSA) is 96.4 Å². The van der Waals surface area contributed by atoms with E-state index < -0.39 is 5.69 Å². The van der Waals surface area contributed by atoms with Gasteiger partial charge >= 0.3 is 5.69 Å². The van der Waals surface area contributed by atoms with E-state index in [0.29, 0.717) is 36.0 Å². The zero-order valence-corrected chi connectivity index (χ0v) is 15.6. The number of morpholine rings is 1. The number of hydrogen-bond donors (Lipinski definition) is 2. The molecule has 0 radical (unpaired) electrons. The van der Waals surface area contributed by atoms with Crippen LogP contribution in [0.3, 0.4) is 0 Å². The Balaban J connectivity index is 1.64. The number of aromatic amines is 1. The molecule has 146 valence electrons. The molecule has 0 atom stereocenters. The molecule has 1 saturated heterocycles. The van der Waals surface area contributed by atoms with Gasteiger partial charge in [-0.3, -0.25) is 19.1 Å². The fourth-order valence-corrected chi connectivity index (χ4v) is 3.25. The van der Waals surface area contributed by atoms with Crippen LogP contribution in [0.1, 0.15) is 30.1 Å². The molecule has 2 aromatic rings. The summed E-state index contributed by atoms with van der Waals surface area (Å²) in [5.41, 5.74) is 0.0426. The predicted octanol–water partition coefficient (Wildman–Crippen LogP) is 0.552. The molecule has 0 saturated carbocycles. The molecule has 8 nitrogen and oxygen atoms in total. The maximum atomic E-state index is 12.4. The van der Waals surface area contributed by atoms with Crippen LogP contribution in [0, 0.1) is 0 Å². The zero-order chi connectivity index (χ0) is 19.2. The van der Waals surface area contributed by atoms with Crippen LogP contribution >= 0.6 is 0 Å². The average molecular weight is 374 g/mol. The second kappa shape index (κ2) is 8.96. The summed E-state index contributed by atoms with van der Waals surface area (Å²) in [6.45, 7) is 7.17. The van der Waals surface area contributed by atoms with Gasteiger partial charge in [0.2, 0.25) is 0 Å². The molecule has 0 unspecified atom stereocenters. The van der Waals surface area contributed by atoms with Crippen molar-refractivity contribution in [3.8, 4) is 0 Å². The summed E-state index contributed by atoms with van der Waals surface area (Å²) < 4.78 is 6.50. The van der Waals surface area contributed by atoms with E-state index in [4.69, 9.17) is 4.74 Å². The molecule has 0 bridgehead atoms. The van der Waals surface area contributed by atoms with Crippen molar-refractivity contribution in [2.75, 3.05) is 39.4 Å². The van der Waals surface area contributed by atoms with Gasteiger partial charge in [0.1, 0.15) is 0 Å². The first-order chi connectivity index (χ1) is 13.1. The van der Waals surface area contributed by atoms with Crippen LogP contribution in [0.4, 0.5) is 0 Å². The maximum Gasteiger partial charge on any atom is 0.328 e. The first-order valence-corrected chi connectivity index (χ1v) is 9.45. The summed E-state index contributed by atoms with van der Waals surface area (Å²) >= 11 is 0. The molecule has 8 heteroatoms. The fraction of sp³-hybridized carbons (Fsp3) is 0.526. The number of H-pyrrole nitrogens is 1. The first-order valence-electron chi connectivity index (χ1n) is 9.45. The minimum Gasteiger partial charge on any atom is -0.379 e. The molecule has 1 aliphatic heterocycles. The lowest BCUT2D eigenvalue weighted by molar-refractivity contribution is 0.0374. The van der Waals surface area contributed by atoms with Crippen LogP contribution in [0.15, 0.2) is 27.8 Å². The third-order valence-electron chi connectivity index (χ3n) is 4.73. The van der Waals surface area contributed by atoms with Crippen LogP contribution in [0.2, 0.25) is 0 Å². The van der Waals surface area contributed by atoms with Gasteiger partial charge in [-0.05, 0) is 37.6 Å². The van der Waals surface area contributed by atoms with Crippen LogP contribution < -0.4 is 16.6 Å². The lowest BCUT2D eigenvalue weighted by Gasteiger charge is -2.26. The van der Waals surface area contributed by atoms with Gasteiger partial charge in [-0.25, -0.2) is 4.79 Å². The smallest absolute Gasteiger partial charge is 0.328 e. The zero-order valence-electron chi connectivity index (χ0n) is 15.6. The van der Waals surface area contributed by atoms with Crippen LogP contribution in [0.5, 0.6) is 0 Å². The lowest BCUT2D eigenvalue weighted by Crippen LogP contribution is -2.38. The van der Waals surface area contributed by atoms with E-state index in [2.05, 4.69) is 15.2 Å². The Morgan fingerprint density at radius 2 is 2.00 bits per heavy atom. The minimum atomic E-state index is -0.447. The molecular formula is C19H26N4O4. The third-order valence-corrected chi connectivity index (χ3v) is 4.73. The predicted molar refractivity (Wildman–Crippen MR) is 103 cm³/mol. The molecule has 1 aromatic heterocycles. The highest BCUT2D eigenvalue weighted by Crippen LogP contribution is 2.09. The van der Waals surface area contributed by atoms with Crippen molar-refractivity contribution in [3.05, 3.63) is 44.6 Å². The molecule has 2 heterocycles. The van der Waals surface area contributed by atoms with Crippen molar-refractivity contribution < 1.29 is 9.53 Å². The van der Waals surface area contributed by atoms with Gasteiger partial charge < -0.3 is 15.0 Å². The number of hydrogen-bond acceptors (Lipinski definition) is 5. The van der Waals surface area contributed by atoms with Gasteiger partial charge in [0.15, 0.2) is 0 Å². The SMILES string of the molecule is CCCn1c(=O)[nH]c2cc(C(=O)NCCCN3CCOCC3)ccc2c1=O. The van der Waals surface area contributed by atoms with E-state index in [-0.39, 0.29) is 11.5 Å². The summed E-state index contributed by atoms with van der Waals surface area (Å²) in [4.78, 5) is 41.9. The molecule has 0 spiro atoms. The van der Waals surface area contributed by atoms with Gasteiger partial charge in [-0.1, -0.05) is 6.92 Å². The van der Waals surface area contributed by atoms with Crippen LogP contribution in [-0.2, 0) is 11.3 Å². The molecule has 1 fully saturated rings. The largest absolute Gasteiger partial charge is 0.379 e. The Labute approximate surface area is 157 Å². The van der Waals surface area contributed by atoms with Crippen molar-refractivity contribution in [1.82, 2.24) is 19.8 Å². The van der Waals surface area contributed by atoms with Crippen LogP contribution in [0.25, 0.3) is 10.9 Å². The Hall–Kier alpha value is -2.45. The number of aromatic nitrogens is 2. The van der Waals surface area contributed by atoms with E-state index in [1.54, 1.807) is 18.2 Å². The highest BCUT2D eigenvalue weighted by atomic mass is 16.5. The molecule has 1 amide bonds.